The third-order valence-corrected chi connectivity index (χ3v) is 7.59. The number of rotatable bonds is 7. The lowest BCUT2D eigenvalue weighted by Gasteiger charge is -2.17. The summed E-state index contributed by atoms with van der Waals surface area (Å²) in [5, 5.41) is 8.67. The number of hydrogen-bond acceptors (Lipinski definition) is 6. The first-order valence-electron chi connectivity index (χ1n) is 11.2. The summed E-state index contributed by atoms with van der Waals surface area (Å²) in [5.41, 5.74) is 3.94. The second kappa shape index (κ2) is 10.3. The van der Waals surface area contributed by atoms with Crippen molar-refractivity contribution in [2.75, 3.05) is 12.4 Å². The van der Waals surface area contributed by atoms with Gasteiger partial charge in [-0.1, -0.05) is 48.5 Å². The lowest BCUT2D eigenvalue weighted by Crippen LogP contribution is -2.31. The Morgan fingerprint density at radius 2 is 1.74 bits per heavy atom. The van der Waals surface area contributed by atoms with E-state index in [-0.39, 0.29) is 27.9 Å². The minimum absolute atomic E-state index is 0.0277. The molecule has 1 heterocycles. The Labute approximate surface area is 204 Å². The molecule has 1 aliphatic heterocycles. The van der Waals surface area contributed by atoms with Crippen molar-refractivity contribution in [2.24, 2.45) is 0 Å². The predicted octanol–water partition coefficient (Wildman–Crippen LogP) is 3.93. The Bertz CT molecular complexity index is 1360. The zero-order valence-corrected chi connectivity index (χ0v) is 20.3. The smallest absolute Gasteiger partial charge is 0.340 e. The van der Waals surface area contributed by atoms with Gasteiger partial charge in [-0.3, -0.25) is 0 Å². The lowest BCUT2D eigenvalue weighted by molar-refractivity contribution is 0.0601. The number of anilines is 1. The molecule has 0 aromatic heterocycles. The van der Waals surface area contributed by atoms with Crippen LogP contribution in [-0.4, -0.2) is 27.5 Å². The molecule has 1 unspecified atom stereocenters. The average molecular weight is 494 g/mol. The molecule has 3 N–H and O–H groups in total. The van der Waals surface area contributed by atoms with Crippen LogP contribution in [0.25, 0.3) is 0 Å². The number of nitrogens with one attached hydrogen (secondary N) is 3. The Morgan fingerprint density at radius 1 is 1.00 bits per heavy atom. The van der Waals surface area contributed by atoms with Crippen LogP contribution in [0.1, 0.15) is 45.6 Å². The van der Waals surface area contributed by atoms with Gasteiger partial charge < -0.3 is 20.7 Å². The number of benzene rings is 3. The second-order valence-electron chi connectivity index (χ2n) is 8.40. The fourth-order valence-corrected chi connectivity index (χ4v) is 5.38. The highest BCUT2D eigenvalue weighted by molar-refractivity contribution is 7.90. The number of carbonyl (C=O) groups is 2. The van der Waals surface area contributed by atoms with Crippen LogP contribution in [0.3, 0.4) is 0 Å². The molecule has 0 radical (unpaired) electrons. The third-order valence-electron chi connectivity index (χ3n) is 5.91. The van der Waals surface area contributed by atoms with Gasteiger partial charge in [0.25, 0.3) is 0 Å². The summed E-state index contributed by atoms with van der Waals surface area (Å²) in [7, 11) is -2.55. The molecule has 2 amide bonds. The first-order chi connectivity index (χ1) is 16.8. The topological polar surface area (TPSA) is 114 Å². The molecular formula is C26H27N3O5S. The van der Waals surface area contributed by atoms with Crippen molar-refractivity contribution < 1.29 is 22.7 Å². The van der Waals surface area contributed by atoms with Crippen LogP contribution in [0.15, 0.2) is 71.6 Å². The quantitative estimate of drug-likeness (QED) is 0.430. The maximum absolute atomic E-state index is 13.1. The molecule has 182 valence electrons. The van der Waals surface area contributed by atoms with Gasteiger partial charge in [0, 0.05) is 13.1 Å². The van der Waals surface area contributed by atoms with Crippen molar-refractivity contribution in [3.8, 4) is 0 Å². The Balaban J connectivity index is 1.54. The fraction of sp³-hybridized carbons (Fsp3) is 0.231. The third kappa shape index (κ3) is 5.70. The Morgan fingerprint density at radius 3 is 2.49 bits per heavy atom. The van der Waals surface area contributed by atoms with Crippen molar-refractivity contribution in [1.29, 1.82) is 0 Å². The second-order valence-corrected chi connectivity index (χ2v) is 10.4. The van der Waals surface area contributed by atoms with Gasteiger partial charge in [0.2, 0.25) is 0 Å². The zero-order chi connectivity index (χ0) is 25.0. The van der Waals surface area contributed by atoms with Crippen LogP contribution in [0, 0.1) is 0 Å². The molecule has 0 fully saturated rings. The summed E-state index contributed by atoms with van der Waals surface area (Å²) in [6.45, 7) is 3.32. The molecule has 1 aliphatic rings. The summed E-state index contributed by atoms with van der Waals surface area (Å²) in [6, 6.07) is 18.3. The van der Waals surface area contributed by atoms with E-state index >= 15 is 0 Å². The molecule has 1 atom stereocenters. The number of carbonyl (C=O) groups excluding carboxylic acids is 2. The number of hydrogen-bond donors (Lipinski definition) is 3. The maximum Gasteiger partial charge on any atom is 0.340 e. The highest BCUT2D eigenvalue weighted by Crippen LogP contribution is 2.26. The van der Waals surface area contributed by atoms with Crippen molar-refractivity contribution >= 4 is 27.5 Å². The summed E-state index contributed by atoms with van der Waals surface area (Å²) < 4.78 is 31.1. The van der Waals surface area contributed by atoms with Crippen molar-refractivity contribution in [1.82, 2.24) is 10.6 Å². The standard InChI is InChI=1S/C26H27N3O5S/c1-17(19-6-4-3-5-7-19)28-26(31)29-24-11-10-22(13-23(24)25(30)34-2)35(32,33)16-18-8-9-20-14-27-15-21(20)12-18/h3-13,17,27H,14-16H2,1-2H3,(H2,28,29,31). The molecule has 3 aromatic rings. The summed E-state index contributed by atoms with van der Waals surface area (Å²) >= 11 is 0. The number of esters is 1. The highest BCUT2D eigenvalue weighted by Gasteiger charge is 2.22. The Hall–Kier alpha value is -3.69. The monoisotopic (exact) mass is 493 g/mol. The van der Waals surface area contributed by atoms with Crippen molar-refractivity contribution in [3.05, 3.63) is 94.5 Å². The van der Waals surface area contributed by atoms with Gasteiger partial charge in [-0.15, -0.1) is 0 Å². The van der Waals surface area contributed by atoms with Crippen LogP contribution in [0.4, 0.5) is 10.5 Å². The molecule has 35 heavy (non-hydrogen) atoms. The number of sulfone groups is 1. The minimum Gasteiger partial charge on any atom is -0.465 e. The summed E-state index contributed by atoms with van der Waals surface area (Å²) in [5.74, 6) is -0.958. The largest absolute Gasteiger partial charge is 0.465 e. The van der Waals surface area contributed by atoms with Gasteiger partial charge in [-0.25, -0.2) is 18.0 Å². The Kier molecular flexibility index (Phi) is 7.18. The zero-order valence-electron chi connectivity index (χ0n) is 19.5. The summed E-state index contributed by atoms with van der Waals surface area (Å²) in [4.78, 5) is 25.0. The molecular weight excluding hydrogens is 466 g/mol. The van der Waals surface area contributed by atoms with Gasteiger partial charge in [0.15, 0.2) is 9.84 Å². The van der Waals surface area contributed by atoms with E-state index in [9.17, 15) is 18.0 Å². The van der Waals surface area contributed by atoms with E-state index in [1.54, 1.807) is 6.07 Å². The SMILES string of the molecule is COC(=O)c1cc(S(=O)(=O)Cc2ccc3c(c2)CNC3)ccc1NC(=O)NC(C)c1ccccc1. The van der Waals surface area contributed by atoms with E-state index in [2.05, 4.69) is 16.0 Å². The molecule has 0 saturated heterocycles. The molecule has 4 rings (SSSR count). The normalized spacial score (nSPS) is 13.5. The van der Waals surface area contributed by atoms with E-state index in [0.29, 0.717) is 12.1 Å². The van der Waals surface area contributed by atoms with Crippen LogP contribution in [0.2, 0.25) is 0 Å². The van der Waals surface area contributed by atoms with E-state index in [1.165, 1.54) is 25.3 Å². The first-order valence-corrected chi connectivity index (χ1v) is 12.8. The number of amides is 2. The molecule has 9 heteroatoms. The summed E-state index contributed by atoms with van der Waals surface area (Å²) in [6.07, 6.45) is 0. The number of ether oxygens (including phenoxy) is 1. The average Bonchev–Trinajstić information content (AvgIpc) is 3.32. The fourth-order valence-electron chi connectivity index (χ4n) is 4.03. The van der Waals surface area contributed by atoms with Gasteiger partial charge in [0.1, 0.15) is 0 Å². The molecule has 0 spiro atoms. The van der Waals surface area contributed by atoms with Gasteiger partial charge >= 0.3 is 12.0 Å². The van der Waals surface area contributed by atoms with Gasteiger partial charge in [0.05, 0.1) is 35.1 Å². The predicted molar refractivity (Wildman–Crippen MR) is 133 cm³/mol. The van der Waals surface area contributed by atoms with E-state index < -0.39 is 21.8 Å². The van der Waals surface area contributed by atoms with Crippen LogP contribution >= 0.6 is 0 Å². The van der Waals surface area contributed by atoms with Gasteiger partial charge in [-0.2, -0.15) is 0 Å². The van der Waals surface area contributed by atoms with Crippen molar-refractivity contribution in [2.45, 2.75) is 36.7 Å². The number of methoxy groups -OCH3 is 1. The molecule has 0 bridgehead atoms. The number of fused-ring (bicyclic) bond motifs is 1. The molecule has 0 aliphatic carbocycles. The molecule has 3 aromatic carbocycles. The van der Waals surface area contributed by atoms with Gasteiger partial charge in [-0.05, 0) is 47.4 Å². The minimum atomic E-state index is -3.75. The highest BCUT2D eigenvalue weighted by atomic mass is 32.2. The van der Waals surface area contributed by atoms with E-state index in [4.69, 9.17) is 4.74 Å². The number of urea groups is 1. The van der Waals surface area contributed by atoms with Crippen LogP contribution < -0.4 is 16.0 Å². The van der Waals surface area contributed by atoms with Crippen LogP contribution in [-0.2, 0) is 33.4 Å². The molecule has 0 saturated carbocycles. The maximum atomic E-state index is 13.1. The molecule has 8 nitrogen and oxygen atoms in total. The lowest BCUT2D eigenvalue weighted by atomic mass is 10.1. The van der Waals surface area contributed by atoms with E-state index in [0.717, 1.165) is 23.2 Å². The van der Waals surface area contributed by atoms with Crippen molar-refractivity contribution in [3.63, 3.8) is 0 Å². The van der Waals surface area contributed by atoms with Crippen LogP contribution in [0.5, 0.6) is 0 Å². The first kappa shape index (κ1) is 24.4. The van der Waals surface area contributed by atoms with E-state index in [1.807, 2.05) is 49.4 Å².